The molecule has 13 heavy (non-hydrogen) atoms. The summed E-state index contributed by atoms with van der Waals surface area (Å²) >= 11 is 0. The van der Waals surface area contributed by atoms with Crippen LogP contribution in [0.5, 0.6) is 5.75 Å². The molecule has 0 amide bonds. The van der Waals surface area contributed by atoms with Crippen LogP contribution >= 0.6 is 0 Å². The van der Waals surface area contributed by atoms with Gasteiger partial charge in [0.1, 0.15) is 0 Å². The first-order valence-electron chi connectivity index (χ1n) is 4.04. The largest absolute Gasteiger partial charge is 0.503 e. The second-order valence-electron chi connectivity index (χ2n) is 3.36. The number of pyridine rings is 1. The molecule has 1 aromatic rings. The van der Waals surface area contributed by atoms with Crippen molar-refractivity contribution in [3.63, 3.8) is 0 Å². The fourth-order valence-corrected chi connectivity index (χ4v) is 1.14. The molecule has 0 aliphatic carbocycles. The van der Waals surface area contributed by atoms with Crippen molar-refractivity contribution in [1.82, 2.24) is 9.47 Å². The van der Waals surface area contributed by atoms with Crippen LogP contribution in [0, 0.1) is 0 Å². The van der Waals surface area contributed by atoms with E-state index in [2.05, 4.69) is 0 Å². The van der Waals surface area contributed by atoms with Gasteiger partial charge in [0.2, 0.25) is 5.43 Å². The Morgan fingerprint density at radius 1 is 1.54 bits per heavy atom. The molecule has 4 heteroatoms. The number of aromatic hydroxyl groups is 1. The van der Waals surface area contributed by atoms with Crippen LogP contribution in [0.2, 0.25) is 0 Å². The van der Waals surface area contributed by atoms with Gasteiger partial charge >= 0.3 is 0 Å². The van der Waals surface area contributed by atoms with Gasteiger partial charge in [0.15, 0.2) is 5.75 Å². The Kier molecular flexibility index (Phi) is 2.72. The summed E-state index contributed by atoms with van der Waals surface area (Å²) in [4.78, 5) is 13.1. The first-order valence-corrected chi connectivity index (χ1v) is 4.04. The third-order valence-electron chi connectivity index (χ3n) is 1.80. The second-order valence-corrected chi connectivity index (χ2v) is 3.36. The zero-order chi connectivity index (χ0) is 10.0. The fraction of sp³-hybridized carbons (Fsp3) is 0.444. The van der Waals surface area contributed by atoms with Crippen LogP contribution < -0.4 is 5.43 Å². The van der Waals surface area contributed by atoms with Gasteiger partial charge in [-0.2, -0.15) is 0 Å². The van der Waals surface area contributed by atoms with Gasteiger partial charge in [-0.15, -0.1) is 0 Å². The molecule has 0 aliphatic heterocycles. The number of hydrogen-bond donors (Lipinski definition) is 1. The van der Waals surface area contributed by atoms with Crippen LogP contribution in [0.4, 0.5) is 0 Å². The van der Waals surface area contributed by atoms with Crippen LogP contribution in [0.1, 0.15) is 5.69 Å². The quantitative estimate of drug-likeness (QED) is 0.708. The lowest BCUT2D eigenvalue weighted by molar-refractivity contribution is 0.386. The van der Waals surface area contributed by atoms with Crippen LogP contribution in [0.15, 0.2) is 17.1 Å². The molecule has 0 bridgehead atoms. The Labute approximate surface area is 77.0 Å². The van der Waals surface area contributed by atoms with E-state index in [0.29, 0.717) is 6.54 Å². The molecule has 4 nitrogen and oxygen atoms in total. The highest BCUT2D eigenvalue weighted by Gasteiger charge is 2.03. The van der Waals surface area contributed by atoms with Gasteiger partial charge in [-0.3, -0.25) is 4.79 Å². The van der Waals surface area contributed by atoms with Gasteiger partial charge in [0, 0.05) is 31.5 Å². The van der Waals surface area contributed by atoms with E-state index < -0.39 is 0 Å². The molecule has 0 atom stereocenters. The van der Waals surface area contributed by atoms with Gasteiger partial charge < -0.3 is 14.6 Å². The highest BCUT2D eigenvalue weighted by molar-refractivity contribution is 5.19. The molecule has 0 aromatic carbocycles. The zero-order valence-corrected chi connectivity index (χ0v) is 8.11. The molecule has 0 radical (unpaired) electrons. The van der Waals surface area contributed by atoms with E-state index in [-0.39, 0.29) is 11.2 Å². The van der Waals surface area contributed by atoms with E-state index in [1.807, 2.05) is 19.0 Å². The molecule has 0 saturated carbocycles. The normalized spacial score (nSPS) is 10.8. The molecule has 1 aromatic heterocycles. The third-order valence-corrected chi connectivity index (χ3v) is 1.80. The average molecular weight is 182 g/mol. The van der Waals surface area contributed by atoms with Gasteiger partial charge in [-0.25, -0.2) is 0 Å². The van der Waals surface area contributed by atoms with Crippen LogP contribution in [-0.4, -0.2) is 28.7 Å². The number of aromatic nitrogens is 1. The maximum Gasteiger partial charge on any atom is 0.223 e. The molecular weight excluding hydrogens is 168 g/mol. The van der Waals surface area contributed by atoms with Crippen LogP contribution in [0.25, 0.3) is 0 Å². The number of nitrogens with zero attached hydrogens (tertiary/aromatic N) is 2. The van der Waals surface area contributed by atoms with Crippen molar-refractivity contribution in [3.05, 3.63) is 28.2 Å². The smallest absolute Gasteiger partial charge is 0.223 e. The standard InChI is InChI=1S/C9H14N2O2/c1-10(2)5-7-4-8(12)9(13)6-11(7)3/h4,6,13H,5H2,1-3H3. The summed E-state index contributed by atoms with van der Waals surface area (Å²) in [6, 6.07) is 1.45. The molecule has 0 spiro atoms. The van der Waals surface area contributed by atoms with Crippen molar-refractivity contribution >= 4 is 0 Å². The summed E-state index contributed by atoms with van der Waals surface area (Å²) in [5, 5.41) is 9.11. The van der Waals surface area contributed by atoms with E-state index in [1.54, 1.807) is 11.6 Å². The van der Waals surface area contributed by atoms with Gasteiger partial charge in [0.25, 0.3) is 0 Å². The van der Waals surface area contributed by atoms with Crippen molar-refractivity contribution in [2.45, 2.75) is 6.54 Å². The van der Waals surface area contributed by atoms with Crippen molar-refractivity contribution in [2.24, 2.45) is 7.05 Å². The summed E-state index contributed by atoms with van der Waals surface area (Å²) in [7, 11) is 5.66. The minimum Gasteiger partial charge on any atom is -0.503 e. The van der Waals surface area contributed by atoms with Gasteiger partial charge in [-0.1, -0.05) is 0 Å². The molecule has 0 unspecified atom stereocenters. The highest BCUT2D eigenvalue weighted by Crippen LogP contribution is 2.04. The predicted molar refractivity (Wildman–Crippen MR) is 50.7 cm³/mol. The number of rotatable bonds is 2. The van der Waals surface area contributed by atoms with Crippen LogP contribution in [-0.2, 0) is 13.6 Å². The Morgan fingerprint density at radius 2 is 2.15 bits per heavy atom. The summed E-state index contributed by atoms with van der Waals surface area (Å²) in [5.74, 6) is -0.204. The van der Waals surface area contributed by atoms with Crippen LogP contribution in [0.3, 0.4) is 0 Å². The van der Waals surface area contributed by atoms with Crippen molar-refractivity contribution < 1.29 is 5.11 Å². The van der Waals surface area contributed by atoms with E-state index in [0.717, 1.165) is 5.69 Å². The molecule has 1 heterocycles. The third kappa shape index (κ3) is 2.32. The summed E-state index contributed by atoms with van der Waals surface area (Å²) in [6.07, 6.45) is 1.43. The highest BCUT2D eigenvalue weighted by atomic mass is 16.3. The minimum atomic E-state index is -0.324. The number of hydrogen-bond acceptors (Lipinski definition) is 3. The predicted octanol–water partition coefficient (Wildman–Crippen LogP) is 0.152. The molecule has 0 fully saturated rings. The Hall–Kier alpha value is -1.29. The molecule has 1 N–H and O–H groups in total. The SMILES string of the molecule is CN(C)Cc1cc(=O)c(O)cn1C. The summed E-state index contributed by atoms with van der Waals surface area (Å²) in [5.41, 5.74) is 0.558. The van der Waals surface area contributed by atoms with E-state index in [4.69, 9.17) is 5.11 Å². The van der Waals surface area contributed by atoms with E-state index >= 15 is 0 Å². The molecular formula is C9H14N2O2. The Balaban J connectivity index is 3.09. The van der Waals surface area contributed by atoms with Gasteiger partial charge in [0.05, 0.1) is 0 Å². The number of aryl methyl sites for hydroxylation is 1. The molecule has 1 rings (SSSR count). The lowest BCUT2D eigenvalue weighted by Gasteiger charge is -2.13. The molecule has 0 saturated heterocycles. The maximum absolute atomic E-state index is 11.1. The van der Waals surface area contributed by atoms with Crippen molar-refractivity contribution in [2.75, 3.05) is 14.1 Å². The average Bonchev–Trinajstić information content (AvgIpc) is 1.99. The second kappa shape index (κ2) is 3.62. The van der Waals surface area contributed by atoms with Crippen molar-refractivity contribution in [1.29, 1.82) is 0 Å². The van der Waals surface area contributed by atoms with Crippen molar-refractivity contribution in [3.8, 4) is 5.75 Å². The van der Waals surface area contributed by atoms with E-state index in [1.165, 1.54) is 12.3 Å². The summed E-state index contributed by atoms with van der Waals surface area (Å²) in [6.45, 7) is 0.687. The first kappa shape index (κ1) is 9.80. The lowest BCUT2D eigenvalue weighted by Crippen LogP contribution is -2.17. The maximum atomic E-state index is 11.1. The lowest BCUT2D eigenvalue weighted by atomic mass is 10.3. The molecule has 72 valence electrons. The van der Waals surface area contributed by atoms with Gasteiger partial charge in [-0.05, 0) is 14.1 Å². The zero-order valence-electron chi connectivity index (χ0n) is 8.11. The minimum absolute atomic E-state index is 0.204. The van der Waals surface area contributed by atoms with E-state index in [9.17, 15) is 4.79 Å². The Morgan fingerprint density at radius 3 is 2.69 bits per heavy atom. The fourth-order valence-electron chi connectivity index (χ4n) is 1.14. The first-order chi connectivity index (χ1) is 6.00. The topological polar surface area (TPSA) is 45.5 Å². The molecule has 0 aliphatic rings. The monoisotopic (exact) mass is 182 g/mol. The Bertz CT molecular complexity index is 355. The summed E-state index contributed by atoms with van der Waals surface area (Å²) < 4.78 is 1.75.